The number of hydrogen-bond acceptors (Lipinski definition) is 6. The van der Waals surface area contributed by atoms with E-state index in [4.69, 9.17) is 15.1 Å². The molecule has 112 valence electrons. The molecule has 0 spiro atoms. The highest BCUT2D eigenvalue weighted by Gasteiger charge is 2.20. The fraction of sp³-hybridized carbons (Fsp3) is 0.231. The molecule has 1 aromatic rings. The second-order valence-corrected chi connectivity index (χ2v) is 3.99. The summed E-state index contributed by atoms with van der Waals surface area (Å²) >= 11 is 0. The van der Waals surface area contributed by atoms with Crippen LogP contribution in [0.5, 0.6) is 0 Å². The largest absolute Gasteiger partial charge is 0.478 e. The summed E-state index contributed by atoms with van der Waals surface area (Å²) in [6, 6.07) is 3.38. The third-order valence-corrected chi connectivity index (χ3v) is 2.60. The molecule has 1 rings (SSSR count). The van der Waals surface area contributed by atoms with E-state index in [-0.39, 0.29) is 12.1 Å². The highest BCUT2D eigenvalue weighted by Crippen LogP contribution is 2.19. The molecule has 0 radical (unpaired) electrons. The molecule has 0 saturated carbocycles. The smallest absolute Gasteiger partial charge is 0.398 e. The minimum Gasteiger partial charge on any atom is -0.478 e. The van der Waals surface area contributed by atoms with Crippen molar-refractivity contribution in [1.29, 1.82) is 0 Å². The first-order valence-electron chi connectivity index (χ1n) is 5.87. The predicted molar refractivity (Wildman–Crippen MR) is 70.2 cm³/mol. The maximum absolute atomic E-state index is 11.3. The molecule has 0 aliphatic rings. The Labute approximate surface area is 119 Å². The highest BCUT2D eigenvalue weighted by molar-refractivity contribution is 6.33. The van der Waals surface area contributed by atoms with Crippen LogP contribution < -0.4 is 5.06 Å². The van der Waals surface area contributed by atoms with Gasteiger partial charge in [-0.15, -0.1) is 0 Å². The van der Waals surface area contributed by atoms with Crippen molar-refractivity contribution in [3.63, 3.8) is 0 Å². The van der Waals surface area contributed by atoms with Crippen molar-refractivity contribution in [1.82, 2.24) is 0 Å². The maximum Gasteiger partial charge on any atom is 0.398 e. The SMILES string of the molecule is CCC(=O)C(=O)ON(C)c1ccc(C(=O)O)c(C(=O)O)c1. The van der Waals surface area contributed by atoms with E-state index in [9.17, 15) is 19.2 Å². The lowest BCUT2D eigenvalue weighted by atomic mass is 10.1. The number of carboxylic acids is 2. The van der Waals surface area contributed by atoms with Gasteiger partial charge in [0.05, 0.1) is 16.8 Å². The van der Waals surface area contributed by atoms with Gasteiger partial charge in [0, 0.05) is 13.5 Å². The van der Waals surface area contributed by atoms with E-state index in [1.54, 1.807) is 0 Å². The number of ketones is 1. The lowest BCUT2D eigenvalue weighted by Gasteiger charge is -2.18. The van der Waals surface area contributed by atoms with Crippen LogP contribution in [0.2, 0.25) is 0 Å². The average molecular weight is 295 g/mol. The van der Waals surface area contributed by atoms with Gasteiger partial charge in [0.2, 0.25) is 5.78 Å². The predicted octanol–water partition coefficient (Wildman–Crippen LogP) is 0.956. The van der Waals surface area contributed by atoms with Crippen LogP contribution in [0.25, 0.3) is 0 Å². The Bertz CT molecular complexity index is 609. The molecule has 0 aliphatic carbocycles. The van der Waals surface area contributed by atoms with Crippen LogP contribution >= 0.6 is 0 Å². The number of aromatic carboxylic acids is 2. The summed E-state index contributed by atoms with van der Waals surface area (Å²) in [6.45, 7) is 1.49. The molecule has 0 atom stereocenters. The first-order chi connectivity index (χ1) is 9.77. The second-order valence-electron chi connectivity index (χ2n) is 3.99. The zero-order valence-corrected chi connectivity index (χ0v) is 11.3. The Morgan fingerprint density at radius 2 is 1.67 bits per heavy atom. The van der Waals surface area contributed by atoms with Gasteiger partial charge in [-0.3, -0.25) is 4.79 Å². The summed E-state index contributed by atoms with van der Waals surface area (Å²) in [5, 5.41) is 18.8. The van der Waals surface area contributed by atoms with Crippen LogP contribution in [0.3, 0.4) is 0 Å². The number of nitrogens with zero attached hydrogens (tertiary/aromatic N) is 1. The molecule has 0 amide bonds. The third kappa shape index (κ3) is 3.78. The molecule has 0 fully saturated rings. The molecule has 0 aromatic heterocycles. The van der Waals surface area contributed by atoms with E-state index in [1.165, 1.54) is 20.0 Å². The number of anilines is 1. The summed E-state index contributed by atoms with van der Waals surface area (Å²) in [7, 11) is 1.29. The molecule has 0 bridgehead atoms. The van der Waals surface area contributed by atoms with Gasteiger partial charge in [-0.25, -0.2) is 19.4 Å². The van der Waals surface area contributed by atoms with Gasteiger partial charge >= 0.3 is 17.9 Å². The van der Waals surface area contributed by atoms with Crippen LogP contribution in [0.15, 0.2) is 18.2 Å². The number of hydroxylamine groups is 1. The zero-order chi connectivity index (χ0) is 16.2. The number of benzene rings is 1. The fourth-order valence-electron chi connectivity index (χ4n) is 1.46. The minimum absolute atomic E-state index is 0.0228. The van der Waals surface area contributed by atoms with Gasteiger partial charge < -0.3 is 15.1 Å². The minimum atomic E-state index is -1.43. The molecule has 2 N–H and O–H groups in total. The molecule has 8 nitrogen and oxygen atoms in total. The molecule has 21 heavy (non-hydrogen) atoms. The molecular weight excluding hydrogens is 282 g/mol. The topological polar surface area (TPSA) is 121 Å². The molecule has 0 unspecified atom stereocenters. The number of carbonyl (C=O) groups excluding carboxylic acids is 2. The van der Waals surface area contributed by atoms with E-state index >= 15 is 0 Å². The van der Waals surface area contributed by atoms with Crippen molar-refractivity contribution < 1.29 is 34.2 Å². The van der Waals surface area contributed by atoms with Crippen LogP contribution in [-0.4, -0.2) is 41.0 Å². The zero-order valence-electron chi connectivity index (χ0n) is 11.3. The van der Waals surface area contributed by atoms with E-state index in [2.05, 4.69) is 0 Å². The van der Waals surface area contributed by atoms with Crippen LogP contribution in [0, 0.1) is 0 Å². The standard InChI is InChI=1S/C13H13NO7/c1-3-10(15)13(20)21-14(2)7-4-5-8(11(16)17)9(6-7)12(18)19/h4-6H,3H2,1-2H3,(H,16,17)(H,18,19). The van der Waals surface area contributed by atoms with Crippen molar-refractivity contribution in [3.8, 4) is 0 Å². The van der Waals surface area contributed by atoms with Crippen molar-refractivity contribution >= 4 is 29.4 Å². The molecule has 1 aromatic carbocycles. The first kappa shape index (κ1) is 16.2. The maximum atomic E-state index is 11.3. The third-order valence-electron chi connectivity index (χ3n) is 2.60. The van der Waals surface area contributed by atoms with Crippen molar-refractivity contribution in [3.05, 3.63) is 29.3 Å². The second kappa shape index (κ2) is 6.51. The fourth-order valence-corrected chi connectivity index (χ4v) is 1.46. The van der Waals surface area contributed by atoms with Crippen molar-refractivity contribution in [2.75, 3.05) is 12.1 Å². The summed E-state index contributed by atoms with van der Waals surface area (Å²) in [6.07, 6.45) is -0.0228. The molecule has 0 aliphatic heterocycles. The van der Waals surface area contributed by atoms with Gasteiger partial charge in [-0.05, 0) is 18.2 Å². The molecule has 0 heterocycles. The van der Waals surface area contributed by atoms with E-state index < -0.39 is 34.8 Å². The van der Waals surface area contributed by atoms with Crippen LogP contribution in [-0.2, 0) is 14.4 Å². The van der Waals surface area contributed by atoms with Gasteiger partial charge in [0.1, 0.15) is 0 Å². The van der Waals surface area contributed by atoms with Crippen molar-refractivity contribution in [2.24, 2.45) is 0 Å². The normalized spacial score (nSPS) is 9.81. The Balaban J connectivity index is 3.06. The lowest BCUT2D eigenvalue weighted by molar-refractivity contribution is -0.154. The van der Waals surface area contributed by atoms with E-state index in [0.29, 0.717) is 0 Å². The van der Waals surface area contributed by atoms with Crippen LogP contribution in [0.4, 0.5) is 5.69 Å². The Kier molecular flexibility index (Phi) is 5.01. The Hall–Kier alpha value is -2.90. The summed E-state index contributed by atoms with van der Waals surface area (Å²) < 4.78 is 0. The van der Waals surface area contributed by atoms with Gasteiger partial charge in [-0.2, -0.15) is 0 Å². The molecule has 0 saturated heterocycles. The van der Waals surface area contributed by atoms with Gasteiger partial charge in [0.25, 0.3) is 0 Å². The Morgan fingerprint density at radius 3 is 2.14 bits per heavy atom. The van der Waals surface area contributed by atoms with Gasteiger partial charge in [0.15, 0.2) is 0 Å². The Morgan fingerprint density at radius 1 is 1.10 bits per heavy atom. The quantitative estimate of drug-likeness (QED) is 0.587. The van der Waals surface area contributed by atoms with Crippen molar-refractivity contribution in [2.45, 2.75) is 13.3 Å². The number of carboxylic acid groups (broad SMARTS) is 2. The van der Waals surface area contributed by atoms with Gasteiger partial charge in [-0.1, -0.05) is 6.92 Å². The number of carbonyl (C=O) groups is 4. The summed E-state index contributed by atoms with van der Waals surface area (Å²) in [4.78, 5) is 49.1. The summed E-state index contributed by atoms with van der Waals surface area (Å²) in [5.74, 6) is -4.64. The summed E-state index contributed by atoms with van der Waals surface area (Å²) in [5.41, 5.74) is -0.727. The lowest BCUT2D eigenvalue weighted by Crippen LogP contribution is -2.27. The number of Topliss-reactive ketones (excluding diaryl/α,β-unsaturated/α-hetero) is 1. The average Bonchev–Trinajstić information content (AvgIpc) is 2.45. The van der Waals surface area contributed by atoms with E-state index in [0.717, 1.165) is 17.2 Å². The number of hydrogen-bond donors (Lipinski definition) is 2. The highest BCUT2D eigenvalue weighted by atomic mass is 16.7. The monoisotopic (exact) mass is 295 g/mol. The van der Waals surface area contributed by atoms with E-state index in [1.807, 2.05) is 0 Å². The van der Waals surface area contributed by atoms with Crippen LogP contribution in [0.1, 0.15) is 34.1 Å². The molecule has 8 heteroatoms. The number of rotatable bonds is 6. The first-order valence-corrected chi connectivity index (χ1v) is 5.87. The molecular formula is C13H13NO7.